The molecule has 1 fully saturated rings. The van der Waals surface area contributed by atoms with Crippen LogP contribution in [0.3, 0.4) is 0 Å². The van der Waals surface area contributed by atoms with Crippen LogP contribution >= 0.6 is 11.3 Å². The number of thiophene rings is 1. The molecule has 0 aromatic carbocycles. The lowest BCUT2D eigenvalue weighted by atomic mass is 9.73. The molecule has 24 heavy (non-hydrogen) atoms. The number of carbonyl (C=O) groups is 1. The summed E-state index contributed by atoms with van der Waals surface area (Å²) in [6.07, 6.45) is 8.06. The largest absolute Gasteiger partial charge is 0.478 e. The lowest BCUT2D eigenvalue weighted by molar-refractivity contribution is 0.0692. The molecule has 2 aliphatic carbocycles. The molecule has 0 spiro atoms. The summed E-state index contributed by atoms with van der Waals surface area (Å²) in [5.74, 6) is 0.334. The van der Waals surface area contributed by atoms with Crippen molar-refractivity contribution in [3.8, 4) is 0 Å². The van der Waals surface area contributed by atoms with E-state index in [1.165, 1.54) is 35.4 Å². The van der Waals surface area contributed by atoms with Crippen molar-refractivity contribution in [2.75, 3.05) is 20.6 Å². The first-order chi connectivity index (χ1) is 11.3. The van der Waals surface area contributed by atoms with Crippen molar-refractivity contribution in [2.45, 2.75) is 64.7 Å². The van der Waals surface area contributed by atoms with Gasteiger partial charge in [-0.1, -0.05) is 26.7 Å². The van der Waals surface area contributed by atoms with Crippen LogP contribution in [0.5, 0.6) is 0 Å². The second-order valence-corrected chi connectivity index (χ2v) is 9.94. The number of rotatable bonds is 4. The van der Waals surface area contributed by atoms with E-state index < -0.39 is 5.97 Å². The Labute approximate surface area is 150 Å². The third kappa shape index (κ3) is 3.55. The summed E-state index contributed by atoms with van der Waals surface area (Å²) in [5, 5.41) is 9.98. The van der Waals surface area contributed by atoms with Crippen LogP contribution in [0, 0.1) is 11.3 Å². The van der Waals surface area contributed by atoms with E-state index in [0.717, 1.165) is 31.4 Å². The van der Waals surface area contributed by atoms with E-state index in [0.29, 0.717) is 17.4 Å². The topological polar surface area (TPSA) is 40.5 Å². The smallest absolute Gasteiger partial charge is 0.337 e. The van der Waals surface area contributed by atoms with Gasteiger partial charge in [-0.25, -0.2) is 4.79 Å². The second kappa shape index (κ2) is 6.80. The molecule has 134 valence electrons. The third-order valence-electron chi connectivity index (χ3n) is 5.86. The standard InChI is InChI=1S/C20H31NO2S/c1-20(2)10-9-16-15(11-20)17(19(22)23)18(24-16)14-8-6-5-7-13(14)12-21(3)4/h13-14H,5-12H2,1-4H3,(H,22,23)/t13-,14-/m1/s1. The van der Waals surface area contributed by atoms with Crippen LogP contribution in [0.2, 0.25) is 0 Å². The number of carboxylic acids is 1. The number of aromatic carboxylic acids is 1. The maximum Gasteiger partial charge on any atom is 0.337 e. The van der Waals surface area contributed by atoms with Crippen LogP contribution in [-0.2, 0) is 12.8 Å². The number of aryl methyl sites for hydroxylation is 1. The second-order valence-electron chi connectivity index (χ2n) is 8.80. The fourth-order valence-electron chi connectivity index (χ4n) is 4.68. The van der Waals surface area contributed by atoms with Gasteiger partial charge in [0.15, 0.2) is 0 Å². The zero-order chi connectivity index (χ0) is 17.5. The molecule has 1 heterocycles. The van der Waals surface area contributed by atoms with Gasteiger partial charge in [0, 0.05) is 16.3 Å². The Kier molecular flexibility index (Phi) is 5.08. The van der Waals surface area contributed by atoms with Crippen LogP contribution in [0.25, 0.3) is 0 Å². The van der Waals surface area contributed by atoms with Gasteiger partial charge in [0.25, 0.3) is 0 Å². The van der Waals surface area contributed by atoms with Gasteiger partial charge in [-0.05, 0) is 69.0 Å². The van der Waals surface area contributed by atoms with Crippen molar-refractivity contribution in [3.63, 3.8) is 0 Å². The Bertz CT molecular complexity index is 617. The highest BCUT2D eigenvalue weighted by Crippen LogP contribution is 2.48. The minimum atomic E-state index is -0.700. The van der Waals surface area contributed by atoms with E-state index in [9.17, 15) is 9.90 Å². The third-order valence-corrected chi connectivity index (χ3v) is 7.29. The van der Waals surface area contributed by atoms with Crippen LogP contribution in [-0.4, -0.2) is 36.6 Å². The average Bonchev–Trinajstić information content (AvgIpc) is 2.84. The minimum Gasteiger partial charge on any atom is -0.478 e. The monoisotopic (exact) mass is 349 g/mol. The van der Waals surface area contributed by atoms with E-state index in [4.69, 9.17) is 0 Å². The summed E-state index contributed by atoms with van der Waals surface area (Å²) in [4.78, 5) is 16.9. The molecule has 0 unspecified atom stereocenters. The number of fused-ring (bicyclic) bond motifs is 1. The molecule has 3 nitrogen and oxygen atoms in total. The molecule has 0 amide bonds. The van der Waals surface area contributed by atoms with Crippen LogP contribution in [0.1, 0.15) is 77.5 Å². The quantitative estimate of drug-likeness (QED) is 0.849. The molecule has 2 atom stereocenters. The maximum absolute atomic E-state index is 12.1. The first kappa shape index (κ1) is 17.9. The van der Waals surface area contributed by atoms with Gasteiger partial charge in [-0.2, -0.15) is 0 Å². The molecule has 1 aromatic rings. The average molecular weight is 350 g/mol. The molecule has 0 aliphatic heterocycles. The SMILES string of the molecule is CN(C)C[C@H]1CCCC[C@H]1c1sc2c(c1C(=O)O)CC(C)(C)CC2. The highest BCUT2D eigenvalue weighted by molar-refractivity contribution is 7.12. The van der Waals surface area contributed by atoms with Gasteiger partial charge in [-0.15, -0.1) is 11.3 Å². The lowest BCUT2D eigenvalue weighted by Crippen LogP contribution is -2.29. The molecule has 3 rings (SSSR count). The van der Waals surface area contributed by atoms with E-state index in [2.05, 4.69) is 32.8 Å². The van der Waals surface area contributed by atoms with Gasteiger partial charge in [0.2, 0.25) is 0 Å². The Morgan fingerprint density at radius 1 is 1.29 bits per heavy atom. The normalized spacial score (nSPS) is 26.4. The highest BCUT2D eigenvalue weighted by atomic mass is 32.1. The van der Waals surface area contributed by atoms with Crippen molar-refractivity contribution >= 4 is 17.3 Å². The first-order valence-electron chi connectivity index (χ1n) is 9.31. The molecular formula is C20H31NO2S. The predicted octanol–water partition coefficient (Wildman–Crippen LogP) is 4.80. The predicted molar refractivity (Wildman–Crippen MR) is 100 cm³/mol. The molecule has 1 N–H and O–H groups in total. The Morgan fingerprint density at radius 3 is 2.67 bits per heavy atom. The number of hydrogen-bond acceptors (Lipinski definition) is 3. The van der Waals surface area contributed by atoms with Crippen LogP contribution < -0.4 is 0 Å². The number of nitrogens with zero attached hydrogens (tertiary/aromatic N) is 1. The summed E-state index contributed by atoms with van der Waals surface area (Å²) in [6.45, 7) is 5.61. The summed E-state index contributed by atoms with van der Waals surface area (Å²) in [6, 6.07) is 0. The van der Waals surface area contributed by atoms with Gasteiger partial charge >= 0.3 is 5.97 Å². The fraction of sp³-hybridized carbons (Fsp3) is 0.750. The fourth-order valence-corrected chi connectivity index (χ4v) is 6.22. The van der Waals surface area contributed by atoms with Crippen LogP contribution in [0.15, 0.2) is 0 Å². The summed E-state index contributed by atoms with van der Waals surface area (Å²) in [7, 11) is 4.26. The molecule has 1 saturated carbocycles. The summed E-state index contributed by atoms with van der Waals surface area (Å²) < 4.78 is 0. The maximum atomic E-state index is 12.1. The van der Waals surface area contributed by atoms with Gasteiger partial charge in [0.05, 0.1) is 5.56 Å². The molecular weight excluding hydrogens is 318 g/mol. The van der Waals surface area contributed by atoms with E-state index in [-0.39, 0.29) is 5.41 Å². The van der Waals surface area contributed by atoms with E-state index in [1.54, 1.807) is 0 Å². The highest BCUT2D eigenvalue weighted by Gasteiger charge is 2.37. The Morgan fingerprint density at radius 2 is 2.00 bits per heavy atom. The zero-order valence-electron chi connectivity index (χ0n) is 15.5. The molecule has 2 aliphatic rings. The van der Waals surface area contributed by atoms with Gasteiger partial charge in [-0.3, -0.25) is 0 Å². The first-order valence-corrected chi connectivity index (χ1v) is 10.1. The number of carboxylic acid groups (broad SMARTS) is 1. The van der Waals surface area contributed by atoms with Crippen molar-refractivity contribution in [2.24, 2.45) is 11.3 Å². The summed E-state index contributed by atoms with van der Waals surface area (Å²) in [5.41, 5.74) is 2.07. The molecule has 1 aromatic heterocycles. The van der Waals surface area contributed by atoms with Gasteiger partial charge < -0.3 is 10.0 Å². The Hall–Kier alpha value is -0.870. The van der Waals surface area contributed by atoms with Gasteiger partial charge in [0.1, 0.15) is 0 Å². The van der Waals surface area contributed by atoms with Crippen molar-refractivity contribution in [1.29, 1.82) is 0 Å². The Balaban J connectivity index is 2.00. The summed E-state index contributed by atoms with van der Waals surface area (Å²) >= 11 is 1.83. The van der Waals surface area contributed by atoms with Crippen molar-refractivity contribution in [1.82, 2.24) is 4.90 Å². The van der Waals surface area contributed by atoms with Crippen molar-refractivity contribution in [3.05, 3.63) is 20.9 Å². The molecule has 0 bridgehead atoms. The molecule has 4 heteroatoms. The van der Waals surface area contributed by atoms with E-state index in [1.807, 2.05) is 11.3 Å². The van der Waals surface area contributed by atoms with Crippen LogP contribution in [0.4, 0.5) is 0 Å². The van der Waals surface area contributed by atoms with Crippen molar-refractivity contribution < 1.29 is 9.90 Å². The zero-order valence-corrected chi connectivity index (χ0v) is 16.3. The van der Waals surface area contributed by atoms with E-state index >= 15 is 0 Å². The minimum absolute atomic E-state index is 0.227. The number of hydrogen-bond donors (Lipinski definition) is 1. The lowest BCUT2D eigenvalue weighted by Gasteiger charge is -2.33. The molecule has 0 radical (unpaired) electrons. The molecule has 0 saturated heterocycles.